The number of esters is 1. The first-order valence-corrected chi connectivity index (χ1v) is 12.0. The number of amides is 1. The molecule has 37 heavy (non-hydrogen) atoms. The van der Waals surface area contributed by atoms with Crippen molar-refractivity contribution in [1.29, 1.82) is 0 Å². The quantitative estimate of drug-likeness (QED) is 0.253. The van der Waals surface area contributed by atoms with Crippen molar-refractivity contribution in [3.05, 3.63) is 76.1 Å². The minimum absolute atomic E-state index is 0.0936. The molecule has 4 aromatic rings. The van der Waals surface area contributed by atoms with Gasteiger partial charge in [0.1, 0.15) is 35.0 Å². The molecule has 0 radical (unpaired) electrons. The van der Waals surface area contributed by atoms with Gasteiger partial charge in [-0.3, -0.25) is 4.79 Å². The molecular formula is C29H29NO7. The molecule has 0 aliphatic carbocycles. The molecule has 8 heteroatoms. The van der Waals surface area contributed by atoms with Crippen LogP contribution in [0, 0.1) is 6.92 Å². The van der Waals surface area contributed by atoms with Gasteiger partial charge in [-0.05, 0) is 68.7 Å². The standard InChI is InChI=1S/C29H29NO7/c1-6-18-14-22-24(15-23(18)36-25(31)16-30-28(33)37-29(3,4)5)34-17(2)27(26(22)32)35-21-12-11-19-9-7-8-10-20(19)13-21/h7-15H,6,16H2,1-5H3,(H,30,33). The van der Waals surface area contributed by atoms with Gasteiger partial charge in [-0.15, -0.1) is 0 Å². The zero-order valence-electron chi connectivity index (χ0n) is 21.5. The summed E-state index contributed by atoms with van der Waals surface area (Å²) in [5.74, 6) is 0.467. The zero-order valence-corrected chi connectivity index (χ0v) is 21.5. The van der Waals surface area contributed by atoms with E-state index in [1.165, 1.54) is 6.07 Å². The van der Waals surface area contributed by atoms with Crippen LogP contribution in [-0.2, 0) is 16.0 Å². The summed E-state index contributed by atoms with van der Waals surface area (Å²) in [5.41, 5.74) is -0.126. The number of nitrogens with one attached hydrogen (secondary N) is 1. The molecule has 3 aromatic carbocycles. The fraction of sp³-hybridized carbons (Fsp3) is 0.276. The van der Waals surface area contributed by atoms with Crippen molar-refractivity contribution >= 4 is 33.8 Å². The number of benzene rings is 3. The third kappa shape index (κ3) is 6.09. The second kappa shape index (κ2) is 10.3. The highest BCUT2D eigenvalue weighted by Gasteiger charge is 2.20. The number of rotatable bonds is 6. The number of ether oxygens (including phenoxy) is 3. The smallest absolute Gasteiger partial charge is 0.408 e. The summed E-state index contributed by atoms with van der Waals surface area (Å²) < 4.78 is 22.5. The maximum atomic E-state index is 13.4. The van der Waals surface area contributed by atoms with Crippen LogP contribution in [0.3, 0.4) is 0 Å². The third-order valence-electron chi connectivity index (χ3n) is 5.52. The molecule has 1 aromatic heterocycles. The molecule has 0 aliphatic heterocycles. The first-order chi connectivity index (χ1) is 17.5. The lowest BCUT2D eigenvalue weighted by Crippen LogP contribution is -2.36. The van der Waals surface area contributed by atoms with Gasteiger partial charge < -0.3 is 23.9 Å². The van der Waals surface area contributed by atoms with E-state index in [0.717, 1.165) is 10.8 Å². The van der Waals surface area contributed by atoms with Gasteiger partial charge in [-0.1, -0.05) is 37.3 Å². The molecule has 0 saturated heterocycles. The predicted molar refractivity (Wildman–Crippen MR) is 140 cm³/mol. The van der Waals surface area contributed by atoms with Gasteiger partial charge in [0.2, 0.25) is 11.2 Å². The van der Waals surface area contributed by atoms with E-state index in [2.05, 4.69) is 5.32 Å². The summed E-state index contributed by atoms with van der Waals surface area (Å²) in [4.78, 5) is 37.5. The Balaban J connectivity index is 1.58. The van der Waals surface area contributed by atoms with Crippen LogP contribution in [0.25, 0.3) is 21.7 Å². The van der Waals surface area contributed by atoms with Crippen molar-refractivity contribution in [3.63, 3.8) is 0 Å². The number of hydrogen-bond donors (Lipinski definition) is 1. The van der Waals surface area contributed by atoms with Crippen LogP contribution in [0.4, 0.5) is 4.79 Å². The number of carbonyl (C=O) groups is 2. The minimum atomic E-state index is -0.723. The molecule has 0 bridgehead atoms. The summed E-state index contributed by atoms with van der Waals surface area (Å²) in [6.45, 7) is 8.31. The first-order valence-electron chi connectivity index (χ1n) is 12.0. The van der Waals surface area contributed by atoms with Gasteiger partial charge >= 0.3 is 12.1 Å². The SMILES string of the molecule is CCc1cc2c(=O)c(Oc3ccc4ccccc4c3)c(C)oc2cc1OC(=O)CNC(=O)OC(C)(C)C. The van der Waals surface area contributed by atoms with Gasteiger partial charge in [-0.2, -0.15) is 0 Å². The Bertz CT molecular complexity index is 1550. The highest BCUT2D eigenvalue weighted by molar-refractivity contribution is 5.85. The maximum absolute atomic E-state index is 13.4. The van der Waals surface area contributed by atoms with Crippen molar-refractivity contribution in [1.82, 2.24) is 5.32 Å². The van der Waals surface area contributed by atoms with Gasteiger partial charge in [0.05, 0.1) is 5.39 Å². The average Bonchev–Trinajstić information content (AvgIpc) is 2.84. The second-order valence-electron chi connectivity index (χ2n) is 9.57. The predicted octanol–water partition coefficient (Wildman–Crippen LogP) is 6.04. The van der Waals surface area contributed by atoms with Crippen LogP contribution in [0.1, 0.15) is 39.0 Å². The molecule has 1 N–H and O–H groups in total. The molecule has 192 valence electrons. The third-order valence-corrected chi connectivity index (χ3v) is 5.52. The molecular weight excluding hydrogens is 474 g/mol. The van der Waals surface area contributed by atoms with Crippen LogP contribution in [0.5, 0.6) is 17.2 Å². The van der Waals surface area contributed by atoms with E-state index in [1.807, 2.05) is 43.3 Å². The van der Waals surface area contributed by atoms with E-state index in [0.29, 0.717) is 28.9 Å². The summed E-state index contributed by atoms with van der Waals surface area (Å²) in [6.07, 6.45) is -0.231. The normalized spacial score (nSPS) is 11.4. The Morgan fingerprint density at radius 3 is 2.43 bits per heavy atom. The summed E-state index contributed by atoms with van der Waals surface area (Å²) in [5, 5.41) is 4.73. The van der Waals surface area contributed by atoms with Gasteiger partial charge in [-0.25, -0.2) is 9.59 Å². The number of hydrogen-bond acceptors (Lipinski definition) is 7. The molecule has 0 atom stereocenters. The molecule has 8 nitrogen and oxygen atoms in total. The molecule has 0 spiro atoms. The number of carbonyl (C=O) groups excluding carboxylic acids is 2. The van der Waals surface area contributed by atoms with Crippen LogP contribution in [-0.4, -0.2) is 24.2 Å². The van der Waals surface area contributed by atoms with E-state index in [-0.39, 0.29) is 29.1 Å². The summed E-state index contributed by atoms with van der Waals surface area (Å²) in [7, 11) is 0. The molecule has 1 amide bonds. The van der Waals surface area contributed by atoms with Crippen LogP contribution >= 0.6 is 0 Å². The van der Waals surface area contributed by atoms with E-state index >= 15 is 0 Å². The zero-order chi connectivity index (χ0) is 26.7. The first kappa shape index (κ1) is 25.8. The Labute approximate surface area is 214 Å². The van der Waals surface area contributed by atoms with Crippen LogP contribution in [0.2, 0.25) is 0 Å². The number of alkyl carbamates (subject to hydrolysis) is 1. The van der Waals surface area contributed by atoms with E-state index in [9.17, 15) is 14.4 Å². The van der Waals surface area contributed by atoms with E-state index < -0.39 is 17.7 Å². The minimum Gasteiger partial charge on any atom is -0.457 e. The van der Waals surface area contributed by atoms with E-state index in [1.54, 1.807) is 39.8 Å². The number of aryl methyl sites for hydroxylation is 2. The molecule has 4 rings (SSSR count). The highest BCUT2D eigenvalue weighted by atomic mass is 16.6. The van der Waals surface area contributed by atoms with Crippen molar-refractivity contribution in [3.8, 4) is 17.2 Å². The lowest BCUT2D eigenvalue weighted by atomic mass is 10.1. The molecule has 0 unspecified atom stereocenters. The fourth-order valence-corrected chi connectivity index (χ4v) is 3.82. The lowest BCUT2D eigenvalue weighted by molar-refractivity contribution is -0.133. The number of fused-ring (bicyclic) bond motifs is 2. The Hall–Kier alpha value is -4.33. The molecule has 0 aliphatic rings. The summed E-state index contributed by atoms with van der Waals surface area (Å²) >= 11 is 0. The van der Waals surface area contributed by atoms with E-state index in [4.69, 9.17) is 18.6 Å². The van der Waals surface area contributed by atoms with Crippen molar-refractivity contribution in [2.24, 2.45) is 0 Å². The Morgan fingerprint density at radius 2 is 1.73 bits per heavy atom. The van der Waals surface area contributed by atoms with Crippen molar-refractivity contribution in [2.75, 3.05) is 6.54 Å². The average molecular weight is 504 g/mol. The molecule has 0 fully saturated rings. The van der Waals surface area contributed by atoms with Gasteiger partial charge in [0.25, 0.3) is 0 Å². The van der Waals surface area contributed by atoms with Gasteiger partial charge in [0.15, 0.2) is 0 Å². The fourth-order valence-electron chi connectivity index (χ4n) is 3.82. The van der Waals surface area contributed by atoms with Crippen molar-refractivity contribution in [2.45, 2.75) is 46.6 Å². The monoisotopic (exact) mass is 503 g/mol. The molecule has 0 saturated carbocycles. The molecule has 1 heterocycles. The maximum Gasteiger partial charge on any atom is 0.408 e. The lowest BCUT2D eigenvalue weighted by Gasteiger charge is -2.19. The highest BCUT2D eigenvalue weighted by Crippen LogP contribution is 2.31. The Kier molecular flexibility index (Phi) is 7.20. The van der Waals surface area contributed by atoms with Crippen LogP contribution < -0.4 is 20.2 Å². The summed E-state index contributed by atoms with van der Waals surface area (Å²) in [6, 6.07) is 16.6. The largest absolute Gasteiger partial charge is 0.457 e. The topological polar surface area (TPSA) is 104 Å². The van der Waals surface area contributed by atoms with Crippen molar-refractivity contribution < 1.29 is 28.2 Å². The Morgan fingerprint density at radius 1 is 1.00 bits per heavy atom. The van der Waals surface area contributed by atoms with Gasteiger partial charge in [0, 0.05) is 6.07 Å². The second-order valence-corrected chi connectivity index (χ2v) is 9.57. The van der Waals surface area contributed by atoms with Crippen LogP contribution in [0.15, 0.2) is 63.8 Å².